The molecule has 2 N–H and O–H groups in total. The third kappa shape index (κ3) is 1.67. The maximum absolute atomic E-state index is 10.8. The van der Waals surface area contributed by atoms with Crippen molar-refractivity contribution in [3.8, 4) is 22.8 Å². The van der Waals surface area contributed by atoms with Gasteiger partial charge in [-0.2, -0.15) is 5.10 Å². The van der Waals surface area contributed by atoms with Crippen LogP contribution in [0.4, 0.5) is 0 Å². The minimum Gasteiger partial charge on any atom is -0.477 e. The van der Waals surface area contributed by atoms with E-state index in [1.54, 1.807) is 12.1 Å². The van der Waals surface area contributed by atoms with Crippen LogP contribution in [0.25, 0.3) is 11.3 Å². The zero-order valence-corrected chi connectivity index (χ0v) is 9.69. The second-order valence-electron chi connectivity index (χ2n) is 3.66. The molecule has 0 atom stereocenters. The summed E-state index contributed by atoms with van der Waals surface area (Å²) in [6.45, 7) is 0.149. The third-order valence-electron chi connectivity index (χ3n) is 2.55. The molecule has 1 aromatic heterocycles. The van der Waals surface area contributed by atoms with E-state index in [4.69, 9.17) is 26.2 Å². The van der Waals surface area contributed by atoms with Gasteiger partial charge in [0.15, 0.2) is 11.5 Å². The first-order valence-corrected chi connectivity index (χ1v) is 5.41. The maximum atomic E-state index is 10.8. The zero-order chi connectivity index (χ0) is 12.7. The molecule has 0 radical (unpaired) electrons. The van der Waals surface area contributed by atoms with Crippen LogP contribution in [0, 0.1) is 0 Å². The fraction of sp³-hybridized carbons (Fsp3) is 0.0909. The first kappa shape index (κ1) is 10.9. The fourth-order valence-corrected chi connectivity index (χ4v) is 1.93. The van der Waals surface area contributed by atoms with Gasteiger partial charge in [-0.05, 0) is 12.1 Å². The van der Waals surface area contributed by atoms with E-state index < -0.39 is 5.97 Å². The summed E-state index contributed by atoms with van der Waals surface area (Å²) in [5.74, 6) is 0.0534. The Morgan fingerprint density at radius 3 is 2.72 bits per heavy atom. The normalized spacial score (nSPS) is 12.7. The lowest BCUT2D eigenvalue weighted by Gasteiger charge is -2.02. The largest absolute Gasteiger partial charge is 0.477 e. The SMILES string of the molecule is O=C(O)c1cc(-c2cc3c(cc2Cl)OCO3)n[nH]1. The van der Waals surface area contributed by atoms with Gasteiger partial charge in [-0.1, -0.05) is 11.6 Å². The van der Waals surface area contributed by atoms with Gasteiger partial charge in [0.05, 0.1) is 10.7 Å². The van der Waals surface area contributed by atoms with Crippen LogP contribution in [0.15, 0.2) is 18.2 Å². The number of carbonyl (C=O) groups is 1. The predicted octanol–water partition coefficient (Wildman–Crippen LogP) is 2.16. The van der Waals surface area contributed by atoms with Gasteiger partial charge in [0, 0.05) is 11.6 Å². The second kappa shape index (κ2) is 3.92. The number of aromatic amines is 1. The van der Waals surface area contributed by atoms with Crippen LogP contribution >= 0.6 is 11.6 Å². The lowest BCUT2D eigenvalue weighted by atomic mass is 10.1. The summed E-state index contributed by atoms with van der Waals surface area (Å²) in [6.07, 6.45) is 0. The monoisotopic (exact) mass is 266 g/mol. The van der Waals surface area contributed by atoms with Gasteiger partial charge in [-0.15, -0.1) is 0 Å². The topological polar surface area (TPSA) is 84.4 Å². The van der Waals surface area contributed by atoms with Gasteiger partial charge in [-0.3, -0.25) is 5.10 Å². The third-order valence-corrected chi connectivity index (χ3v) is 2.86. The van der Waals surface area contributed by atoms with Crippen LogP contribution in [0.2, 0.25) is 5.02 Å². The lowest BCUT2D eigenvalue weighted by molar-refractivity contribution is 0.0690. The Hall–Kier alpha value is -2.21. The quantitative estimate of drug-likeness (QED) is 0.870. The van der Waals surface area contributed by atoms with Crippen LogP contribution in [0.1, 0.15) is 10.5 Å². The number of carboxylic acid groups (broad SMARTS) is 1. The number of rotatable bonds is 2. The predicted molar refractivity (Wildman–Crippen MR) is 62.1 cm³/mol. The number of benzene rings is 1. The summed E-state index contributed by atoms with van der Waals surface area (Å²) in [4.78, 5) is 10.8. The summed E-state index contributed by atoms with van der Waals surface area (Å²) in [7, 11) is 0. The lowest BCUT2D eigenvalue weighted by Crippen LogP contribution is -1.95. The highest BCUT2D eigenvalue weighted by atomic mass is 35.5. The van der Waals surface area contributed by atoms with Crippen molar-refractivity contribution >= 4 is 17.6 Å². The molecule has 0 aliphatic carbocycles. The van der Waals surface area contributed by atoms with E-state index in [-0.39, 0.29) is 12.5 Å². The summed E-state index contributed by atoms with van der Waals surface area (Å²) < 4.78 is 10.4. The van der Waals surface area contributed by atoms with Crippen LogP contribution in [0.5, 0.6) is 11.5 Å². The van der Waals surface area contributed by atoms with Crippen LogP contribution in [-0.4, -0.2) is 28.1 Å². The molecule has 0 saturated heterocycles. The number of ether oxygens (including phenoxy) is 2. The van der Waals surface area contributed by atoms with Crippen molar-refractivity contribution in [2.75, 3.05) is 6.79 Å². The molecular formula is C11H7ClN2O4. The summed E-state index contributed by atoms with van der Waals surface area (Å²) in [6, 6.07) is 4.70. The molecule has 3 rings (SSSR count). The van der Waals surface area contributed by atoms with E-state index in [1.807, 2.05) is 0 Å². The highest BCUT2D eigenvalue weighted by Gasteiger charge is 2.19. The number of fused-ring (bicyclic) bond motifs is 1. The first-order valence-electron chi connectivity index (χ1n) is 5.03. The first-order chi connectivity index (χ1) is 8.65. The highest BCUT2D eigenvalue weighted by Crippen LogP contribution is 2.40. The number of H-pyrrole nitrogens is 1. The Morgan fingerprint density at radius 1 is 1.33 bits per heavy atom. The average Bonchev–Trinajstić information content (AvgIpc) is 2.94. The fourth-order valence-electron chi connectivity index (χ4n) is 1.68. The van der Waals surface area contributed by atoms with Crippen molar-refractivity contribution in [3.05, 3.63) is 28.9 Å². The second-order valence-corrected chi connectivity index (χ2v) is 4.06. The van der Waals surface area contributed by atoms with E-state index in [0.717, 1.165) is 0 Å². The number of nitrogens with one attached hydrogen (secondary N) is 1. The Morgan fingerprint density at radius 2 is 2.06 bits per heavy atom. The van der Waals surface area contributed by atoms with Crippen molar-refractivity contribution in [1.82, 2.24) is 10.2 Å². The summed E-state index contributed by atoms with van der Waals surface area (Å²) in [5.41, 5.74) is 1.03. The molecule has 92 valence electrons. The number of halogens is 1. The number of aromatic nitrogens is 2. The molecule has 0 amide bonds. The molecule has 7 heteroatoms. The minimum absolute atomic E-state index is 0.00117. The van der Waals surface area contributed by atoms with E-state index in [0.29, 0.717) is 27.8 Å². The molecule has 0 saturated carbocycles. The molecule has 0 spiro atoms. The summed E-state index contributed by atoms with van der Waals surface area (Å²) in [5, 5.41) is 15.6. The Balaban J connectivity index is 2.08. The van der Waals surface area contributed by atoms with Crippen LogP contribution < -0.4 is 9.47 Å². The van der Waals surface area contributed by atoms with E-state index in [1.165, 1.54) is 6.07 Å². The molecule has 2 heterocycles. The Labute approximate surface area is 106 Å². The van der Waals surface area contributed by atoms with Crippen molar-refractivity contribution in [1.29, 1.82) is 0 Å². The maximum Gasteiger partial charge on any atom is 0.353 e. The van der Waals surface area contributed by atoms with E-state index in [9.17, 15) is 4.79 Å². The Bertz CT molecular complexity index is 638. The van der Waals surface area contributed by atoms with Gasteiger partial charge in [0.25, 0.3) is 0 Å². The van der Waals surface area contributed by atoms with Crippen LogP contribution in [-0.2, 0) is 0 Å². The standard InChI is InChI=1S/C11H7ClN2O4/c12-6-2-10-9(17-4-18-10)1-5(6)7-3-8(11(15)16)14-13-7/h1-3H,4H2,(H,13,14)(H,15,16). The zero-order valence-electron chi connectivity index (χ0n) is 8.94. The average molecular weight is 267 g/mol. The van der Waals surface area contributed by atoms with Gasteiger partial charge in [0.2, 0.25) is 6.79 Å². The summed E-state index contributed by atoms with van der Waals surface area (Å²) >= 11 is 6.09. The van der Waals surface area contributed by atoms with Gasteiger partial charge >= 0.3 is 5.97 Å². The van der Waals surface area contributed by atoms with Gasteiger partial charge in [-0.25, -0.2) is 4.79 Å². The van der Waals surface area contributed by atoms with Crippen molar-refractivity contribution in [2.45, 2.75) is 0 Å². The smallest absolute Gasteiger partial charge is 0.353 e. The molecule has 1 aliphatic rings. The molecule has 1 aromatic carbocycles. The molecule has 0 fully saturated rings. The molecule has 0 unspecified atom stereocenters. The van der Waals surface area contributed by atoms with Crippen molar-refractivity contribution < 1.29 is 19.4 Å². The number of carboxylic acids is 1. The minimum atomic E-state index is -1.08. The van der Waals surface area contributed by atoms with Crippen molar-refractivity contribution in [3.63, 3.8) is 0 Å². The van der Waals surface area contributed by atoms with Crippen molar-refractivity contribution in [2.24, 2.45) is 0 Å². The molecule has 0 bridgehead atoms. The number of aromatic carboxylic acids is 1. The molecular weight excluding hydrogens is 260 g/mol. The van der Waals surface area contributed by atoms with E-state index >= 15 is 0 Å². The number of hydrogen-bond donors (Lipinski definition) is 2. The number of hydrogen-bond acceptors (Lipinski definition) is 4. The van der Waals surface area contributed by atoms with Gasteiger partial charge < -0.3 is 14.6 Å². The molecule has 18 heavy (non-hydrogen) atoms. The van der Waals surface area contributed by atoms with E-state index in [2.05, 4.69) is 10.2 Å². The molecule has 2 aromatic rings. The Kier molecular flexibility index (Phi) is 2.38. The highest BCUT2D eigenvalue weighted by molar-refractivity contribution is 6.33. The molecule has 6 nitrogen and oxygen atoms in total. The van der Waals surface area contributed by atoms with Gasteiger partial charge in [0.1, 0.15) is 5.69 Å². The number of nitrogens with zero attached hydrogens (tertiary/aromatic N) is 1. The molecule has 1 aliphatic heterocycles. The van der Waals surface area contributed by atoms with Crippen LogP contribution in [0.3, 0.4) is 0 Å².